The monoisotopic (exact) mass is 468 g/mol. The van der Waals surface area contributed by atoms with Crippen LogP contribution in [0, 0.1) is 12.8 Å². The van der Waals surface area contributed by atoms with Crippen LogP contribution in [0.2, 0.25) is 0 Å². The lowest BCUT2D eigenvalue weighted by atomic mass is 9.66. The Balaban J connectivity index is 1.67. The first-order valence-electron chi connectivity index (χ1n) is 12.0. The van der Waals surface area contributed by atoms with Gasteiger partial charge in [-0.15, -0.1) is 0 Å². The number of benzene rings is 2. The molecule has 0 bridgehead atoms. The maximum atomic E-state index is 13.0. The average molecular weight is 469 g/mol. The molecule has 1 aliphatic carbocycles. The number of carbonyl (C=O) groups excluding carboxylic acids is 1. The highest BCUT2D eigenvalue weighted by Crippen LogP contribution is 2.51. The number of amides is 1. The second-order valence-corrected chi connectivity index (χ2v) is 9.49. The van der Waals surface area contributed by atoms with Gasteiger partial charge in [0, 0.05) is 24.2 Å². The number of nitrogens with one attached hydrogen (secondary N) is 1. The minimum absolute atomic E-state index is 0.0185. The molecule has 0 spiro atoms. The molecule has 2 fully saturated rings. The van der Waals surface area contributed by atoms with Gasteiger partial charge in [-0.3, -0.25) is 9.69 Å². The van der Waals surface area contributed by atoms with Crippen LogP contribution in [0.4, 0.5) is 5.69 Å². The van der Waals surface area contributed by atoms with E-state index in [-0.39, 0.29) is 24.4 Å². The quantitative estimate of drug-likeness (QED) is 0.630. The molecule has 7 nitrogen and oxygen atoms in total. The van der Waals surface area contributed by atoms with Crippen molar-refractivity contribution in [3.63, 3.8) is 0 Å². The van der Waals surface area contributed by atoms with Gasteiger partial charge in [0.15, 0.2) is 11.5 Å². The number of hydrogen-bond acceptors (Lipinski definition) is 6. The van der Waals surface area contributed by atoms with Crippen LogP contribution in [0.1, 0.15) is 49.3 Å². The lowest BCUT2D eigenvalue weighted by Crippen LogP contribution is -2.56. The van der Waals surface area contributed by atoms with Gasteiger partial charge in [-0.2, -0.15) is 0 Å². The fourth-order valence-electron chi connectivity index (χ4n) is 5.66. The van der Waals surface area contributed by atoms with E-state index in [0.29, 0.717) is 30.2 Å². The molecule has 3 atom stereocenters. The molecule has 4 rings (SSSR count). The number of piperidine rings is 1. The summed E-state index contributed by atoms with van der Waals surface area (Å²) in [5.74, 6) is 1.64. The number of hydrogen-bond donors (Lipinski definition) is 2. The summed E-state index contributed by atoms with van der Waals surface area (Å²) >= 11 is 0. The topological polar surface area (TPSA) is 80.3 Å². The van der Waals surface area contributed by atoms with Crippen LogP contribution in [0.3, 0.4) is 0 Å². The van der Waals surface area contributed by atoms with Gasteiger partial charge in [0.25, 0.3) is 0 Å². The van der Waals surface area contributed by atoms with Crippen molar-refractivity contribution >= 4 is 11.6 Å². The lowest BCUT2D eigenvalue weighted by molar-refractivity contribution is -0.135. The Morgan fingerprint density at radius 3 is 2.35 bits per heavy atom. The summed E-state index contributed by atoms with van der Waals surface area (Å²) in [4.78, 5) is 15.2. The van der Waals surface area contributed by atoms with E-state index in [4.69, 9.17) is 14.2 Å². The Morgan fingerprint density at radius 2 is 1.74 bits per heavy atom. The van der Waals surface area contributed by atoms with Crippen LogP contribution in [0.25, 0.3) is 0 Å². The molecule has 0 radical (unpaired) electrons. The molecule has 0 aromatic heterocycles. The van der Waals surface area contributed by atoms with Gasteiger partial charge in [0.1, 0.15) is 0 Å². The Labute approximate surface area is 202 Å². The van der Waals surface area contributed by atoms with Gasteiger partial charge < -0.3 is 24.6 Å². The van der Waals surface area contributed by atoms with Crippen LogP contribution in [-0.2, 0) is 4.79 Å². The van der Waals surface area contributed by atoms with Crippen LogP contribution >= 0.6 is 0 Å². The molecule has 2 aromatic rings. The first-order chi connectivity index (χ1) is 16.4. The number of methoxy groups -OCH3 is 3. The van der Waals surface area contributed by atoms with Crippen LogP contribution in [0.15, 0.2) is 36.4 Å². The molecule has 34 heavy (non-hydrogen) atoms. The highest BCUT2D eigenvalue weighted by atomic mass is 16.5. The van der Waals surface area contributed by atoms with Gasteiger partial charge in [0.05, 0.1) is 33.5 Å². The number of ether oxygens (including phenoxy) is 3. The average Bonchev–Trinajstić information content (AvgIpc) is 2.84. The van der Waals surface area contributed by atoms with Gasteiger partial charge in [0.2, 0.25) is 11.7 Å². The van der Waals surface area contributed by atoms with Crippen molar-refractivity contribution in [1.29, 1.82) is 0 Å². The highest BCUT2D eigenvalue weighted by molar-refractivity contribution is 5.92. The van der Waals surface area contributed by atoms with E-state index in [9.17, 15) is 9.90 Å². The van der Waals surface area contributed by atoms with E-state index in [1.54, 1.807) is 21.3 Å². The van der Waals surface area contributed by atoms with E-state index >= 15 is 0 Å². The van der Waals surface area contributed by atoms with E-state index < -0.39 is 5.60 Å². The molecule has 1 aliphatic heterocycles. The van der Waals surface area contributed by atoms with Crippen molar-refractivity contribution in [2.75, 3.05) is 39.7 Å². The number of nitrogens with zero attached hydrogens (tertiary/aromatic N) is 1. The first kappa shape index (κ1) is 24.4. The molecule has 7 heteroatoms. The van der Waals surface area contributed by atoms with Gasteiger partial charge in [-0.25, -0.2) is 0 Å². The predicted molar refractivity (Wildman–Crippen MR) is 132 cm³/mol. The van der Waals surface area contributed by atoms with Crippen LogP contribution in [-0.4, -0.2) is 55.9 Å². The SMILES string of the molecule is COc1cc([C@H]2[C@@H]3CCCC[C@]3(O)CCN2CC(=O)Nc2ccc(C)cc2)cc(OC)c1OC. The van der Waals surface area contributed by atoms with Crippen molar-refractivity contribution in [1.82, 2.24) is 4.90 Å². The molecule has 2 N–H and O–H groups in total. The fraction of sp³-hybridized carbons (Fsp3) is 0.519. The maximum Gasteiger partial charge on any atom is 0.238 e. The van der Waals surface area contributed by atoms with Crippen LogP contribution < -0.4 is 19.5 Å². The minimum Gasteiger partial charge on any atom is -0.493 e. The van der Waals surface area contributed by atoms with E-state index in [1.165, 1.54) is 0 Å². The third-order valence-corrected chi connectivity index (χ3v) is 7.38. The zero-order chi connectivity index (χ0) is 24.3. The van der Waals surface area contributed by atoms with Crippen molar-refractivity contribution in [3.05, 3.63) is 47.5 Å². The first-order valence-corrected chi connectivity index (χ1v) is 12.0. The third-order valence-electron chi connectivity index (χ3n) is 7.38. The molecule has 2 aliphatic rings. The number of aryl methyl sites for hydroxylation is 1. The summed E-state index contributed by atoms with van der Waals surface area (Å²) in [6.07, 6.45) is 4.46. The number of likely N-dealkylation sites (tertiary alicyclic amines) is 1. The summed E-state index contributed by atoms with van der Waals surface area (Å²) in [6.45, 7) is 2.89. The summed E-state index contributed by atoms with van der Waals surface area (Å²) in [5.41, 5.74) is 2.16. The van der Waals surface area contributed by atoms with Gasteiger partial charge >= 0.3 is 0 Å². The number of anilines is 1. The summed E-state index contributed by atoms with van der Waals surface area (Å²) < 4.78 is 16.7. The molecule has 184 valence electrons. The smallest absolute Gasteiger partial charge is 0.238 e. The predicted octanol–water partition coefficient (Wildman–Crippen LogP) is 4.33. The highest BCUT2D eigenvalue weighted by Gasteiger charge is 2.49. The van der Waals surface area contributed by atoms with Gasteiger partial charge in [-0.1, -0.05) is 30.5 Å². The molecular weight excluding hydrogens is 432 g/mol. The molecule has 2 aromatic carbocycles. The zero-order valence-electron chi connectivity index (χ0n) is 20.6. The third kappa shape index (κ3) is 4.86. The van der Waals surface area contributed by atoms with Crippen molar-refractivity contribution in [3.8, 4) is 17.2 Å². The summed E-state index contributed by atoms with van der Waals surface area (Å²) in [5, 5.41) is 14.6. The van der Waals surface area contributed by atoms with Crippen molar-refractivity contribution < 1.29 is 24.1 Å². The summed E-state index contributed by atoms with van der Waals surface area (Å²) in [7, 11) is 4.79. The maximum absolute atomic E-state index is 13.0. The zero-order valence-corrected chi connectivity index (χ0v) is 20.6. The number of aliphatic hydroxyl groups is 1. The standard InChI is InChI=1S/C27H36N2O5/c1-18-8-10-20(11-9-18)28-24(30)17-29-14-13-27(31)12-6-5-7-21(27)25(29)19-15-22(32-2)26(34-4)23(16-19)33-3/h8-11,15-16,21,25,31H,5-7,12-14,17H2,1-4H3,(H,28,30)/t21-,25-,27-/m0/s1. The molecule has 1 amide bonds. The summed E-state index contributed by atoms with van der Waals surface area (Å²) in [6, 6.07) is 11.6. The second-order valence-electron chi connectivity index (χ2n) is 9.49. The van der Waals surface area contributed by atoms with Gasteiger partial charge in [-0.05, 0) is 56.0 Å². The van der Waals surface area contributed by atoms with Crippen LogP contribution in [0.5, 0.6) is 17.2 Å². The largest absolute Gasteiger partial charge is 0.493 e. The van der Waals surface area contributed by atoms with Crippen molar-refractivity contribution in [2.24, 2.45) is 5.92 Å². The Kier molecular flexibility index (Phi) is 7.33. The number of fused-ring (bicyclic) bond motifs is 1. The minimum atomic E-state index is -0.729. The van der Waals surface area contributed by atoms with E-state index in [0.717, 1.165) is 42.5 Å². The van der Waals surface area contributed by atoms with Crippen molar-refractivity contribution in [2.45, 2.75) is 50.7 Å². The van der Waals surface area contributed by atoms with E-state index in [2.05, 4.69) is 10.2 Å². The molecule has 0 unspecified atom stereocenters. The lowest BCUT2D eigenvalue weighted by Gasteiger charge is -2.52. The molecule has 1 saturated heterocycles. The van der Waals surface area contributed by atoms with E-state index in [1.807, 2.05) is 43.3 Å². The molecule has 1 heterocycles. The Bertz CT molecular complexity index is 984. The second kappa shape index (κ2) is 10.2. The number of rotatable bonds is 7. The molecule has 1 saturated carbocycles. The fourth-order valence-corrected chi connectivity index (χ4v) is 5.66. The normalized spacial score (nSPS) is 24.7. The number of carbonyl (C=O) groups is 1. The Hall–Kier alpha value is -2.77. The molecular formula is C27H36N2O5. The Morgan fingerprint density at radius 1 is 1.06 bits per heavy atom.